The van der Waals surface area contributed by atoms with E-state index in [1.54, 1.807) is 22.7 Å². The summed E-state index contributed by atoms with van der Waals surface area (Å²) < 4.78 is 0. The molecule has 0 saturated carbocycles. The normalized spacial score (nSPS) is 12.9. The van der Waals surface area contributed by atoms with Crippen LogP contribution in [0.5, 0.6) is 0 Å². The highest BCUT2D eigenvalue weighted by molar-refractivity contribution is 7.15. The van der Waals surface area contributed by atoms with Crippen molar-refractivity contribution in [2.24, 2.45) is 5.92 Å². The van der Waals surface area contributed by atoms with Crippen LogP contribution in [0, 0.1) is 12.8 Å². The van der Waals surface area contributed by atoms with Gasteiger partial charge >= 0.3 is 0 Å². The van der Waals surface area contributed by atoms with Gasteiger partial charge in [-0.15, -0.1) is 21.5 Å². The quantitative estimate of drug-likeness (QED) is 0.909. The SMILES string of the molecule is Cc1nc(C(C)Nc2nnc(CC(C)C)s2)cs1. The van der Waals surface area contributed by atoms with E-state index in [-0.39, 0.29) is 6.04 Å². The number of aromatic nitrogens is 3. The molecule has 0 saturated heterocycles. The van der Waals surface area contributed by atoms with Crippen LogP contribution in [0.2, 0.25) is 0 Å². The van der Waals surface area contributed by atoms with Crippen molar-refractivity contribution in [2.75, 3.05) is 5.32 Å². The summed E-state index contributed by atoms with van der Waals surface area (Å²) in [6.07, 6.45) is 0.990. The summed E-state index contributed by atoms with van der Waals surface area (Å²) >= 11 is 3.31. The molecule has 6 heteroatoms. The Morgan fingerprint density at radius 3 is 2.67 bits per heavy atom. The largest absolute Gasteiger partial charge is 0.352 e. The van der Waals surface area contributed by atoms with Gasteiger partial charge in [-0.05, 0) is 19.8 Å². The molecule has 1 atom stereocenters. The molecule has 2 aromatic heterocycles. The van der Waals surface area contributed by atoms with Crippen LogP contribution in [0.4, 0.5) is 5.13 Å². The molecule has 2 rings (SSSR count). The van der Waals surface area contributed by atoms with Crippen molar-refractivity contribution in [1.82, 2.24) is 15.2 Å². The van der Waals surface area contributed by atoms with Crippen LogP contribution in [0.3, 0.4) is 0 Å². The Labute approximate surface area is 116 Å². The van der Waals surface area contributed by atoms with Crippen LogP contribution in [0.1, 0.15) is 42.5 Å². The lowest BCUT2D eigenvalue weighted by molar-refractivity contribution is 0.640. The molecule has 0 aliphatic rings. The summed E-state index contributed by atoms with van der Waals surface area (Å²) in [7, 11) is 0. The zero-order valence-corrected chi connectivity index (χ0v) is 12.7. The monoisotopic (exact) mass is 282 g/mol. The topological polar surface area (TPSA) is 50.7 Å². The van der Waals surface area contributed by atoms with Gasteiger partial charge in [-0.3, -0.25) is 0 Å². The number of aryl methyl sites for hydroxylation is 1. The molecule has 2 aromatic rings. The van der Waals surface area contributed by atoms with Crippen LogP contribution in [0.25, 0.3) is 0 Å². The minimum Gasteiger partial charge on any atom is -0.352 e. The number of rotatable bonds is 5. The fourth-order valence-corrected chi connectivity index (χ4v) is 3.33. The number of hydrogen-bond acceptors (Lipinski definition) is 6. The number of nitrogens with one attached hydrogen (secondary N) is 1. The summed E-state index contributed by atoms with van der Waals surface area (Å²) in [5.41, 5.74) is 1.07. The molecule has 0 aliphatic heterocycles. The first-order valence-corrected chi connectivity index (χ1v) is 7.75. The molecule has 0 fully saturated rings. The first-order valence-electron chi connectivity index (χ1n) is 6.05. The molecular formula is C12H18N4S2. The molecule has 4 nitrogen and oxygen atoms in total. The van der Waals surface area contributed by atoms with Gasteiger partial charge in [0, 0.05) is 11.8 Å². The summed E-state index contributed by atoms with van der Waals surface area (Å²) in [5, 5.41) is 16.9. The van der Waals surface area contributed by atoms with E-state index in [0.29, 0.717) is 5.92 Å². The molecule has 0 aromatic carbocycles. The Morgan fingerprint density at radius 1 is 1.28 bits per heavy atom. The first kappa shape index (κ1) is 13.4. The van der Waals surface area contributed by atoms with E-state index >= 15 is 0 Å². The van der Waals surface area contributed by atoms with Crippen molar-refractivity contribution in [3.05, 3.63) is 21.1 Å². The number of thiazole rings is 1. The van der Waals surface area contributed by atoms with Crippen molar-refractivity contribution in [1.29, 1.82) is 0 Å². The van der Waals surface area contributed by atoms with Crippen molar-refractivity contribution in [3.8, 4) is 0 Å². The van der Waals surface area contributed by atoms with Gasteiger partial charge in [0.1, 0.15) is 5.01 Å². The van der Waals surface area contributed by atoms with Crippen LogP contribution in [-0.4, -0.2) is 15.2 Å². The molecule has 0 radical (unpaired) electrons. The second-order valence-electron chi connectivity index (χ2n) is 4.76. The highest BCUT2D eigenvalue weighted by atomic mass is 32.1. The molecule has 18 heavy (non-hydrogen) atoms. The Morgan fingerprint density at radius 2 is 2.06 bits per heavy atom. The lowest BCUT2D eigenvalue weighted by Crippen LogP contribution is -2.06. The zero-order chi connectivity index (χ0) is 13.1. The minimum absolute atomic E-state index is 0.176. The van der Waals surface area contributed by atoms with E-state index in [0.717, 1.165) is 27.3 Å². The zero-order valence-electron chi connectivity index (χ0n) is 11.1. The van der Waals surface area contributed by atoms with Crippen LogP contribution in [-0.2, 0) is 6.42 Å². The van der Waals surface area contributed by atoms with Crippen LogP contribution < -0.4 is 5.32 Å². The van der Waals surface area contributed by atoms with E-state index < -0.39 is 0 Å². The fraction of sp³-hybridized carbons (Fsp3) is 0.583. The molecule has 0 aliphatic carbocycles. The smallest absolute Gasteiger partial charge is 0.206 e. The minimum atomic E-state index is 0.176. The number of hydrogen-bond donors (Lipinski definition) is 1. The Bertz CT molecular complexity index is 504. The van der Waals surface area contributed by atoms with Crippen molar-refractivity contribution in [2.45, 2.75) is 40.2 Å². The predicted octanol–water partition coefficient (Wildman–Crippen LogP) is 3.67. The second kappa shape index (κ2) is 5.75. The van der Waals surface area contributed by atoms with E-state index in [1.807, 2.05) is 6.92 Å². The molecule has 98 valence electrons. The lowest BCUT2D eigenvalue weighted by Gasteiger charge is -2.08. The molecule has 1 unspecified atom stereocenters. The van der Waals surface area contributed by atoms with Gasteiger partial charge in [0.25, 0.3) is 0 Å². The molecule has 0 spiro atoms. The van der Waals surface area contributed by atoms with E-state index in [9.17, 15) is 0 Å². The van der Waals surface area contributed by atoms with Crippen LogP contribution in [0.15, 0.2) is 5.38 Å². The summed E-state index contributed by atoms with van der Waals surface area (Å²) in [4.78, 5) is 4.47. The molecule has 0 bridgehead atoms. The third-order valence-corrected chi connectivity index (χ3v) is 4.14. The van der Waals surface area contributed by atoms with Gasteiger partial charge < -0.3 is 5.32 Å². The highest BCUT2D eigenvalue weighted by Gasteiger charge is 2.12. The Hall–Kier alpha value is -1.01. The lowest BCUT2D eigenvalue weighted by atomic mass is 10.1. The highest BCUT2D eigenvalue weighted by Crippen LogP contribution is 2.24. The fourth-order valence-electron chi connectivity index (χ4n) is 1.58. The maximum absolute atomic E-state index is 4.47. The van der Waals surface area contributed by atoms with E-state index in [2.05, 4.69) is 46.6 Å². The molecular weight excluding hydrogens is 264 g/mol. The van der Waals surface area contributed by atoms with Gasteiger partial charge in [-0.2, -0.15) is 0 Å². The van der Waals surface area contributed by atoms with Gasteiger partial charge in [0.2, 0.25) is 5.13 Å². The van der Waals surface area contributed by atoms with Gasteiger partial charge in [-0.1, -0.05) is 25.2 Å². The molecule has 2 heterocycles. The van der Waals surface area contributed by atoms with Crippen molar-refractivity contribution in [3.63, 3.8) is 0 Å². The standard InChI is InChI=1S/C12H18N4S2/c1-7(2)5-11-15-16-12(18-11)13-8(3)10-6-17-9(4)14-10/h6-8H,5H2,1-4H3,(H,13,16). The molecule has 0 amide bonds. The summed E-state index contributed by atoms with van der Waals surface area (Å²) in [5.74, 6) is 0.615. The van der Waals surface area contributed by atoms with Gasteiger partial charge in [0.15, 0.2) is 0 Å². The van der Waals surface area contributed by atoms with Crippen molar-refractivity contribution < 1.29 is 0 Å². The summed E-state index contributed by atoms with van der Waals surface area (Å²) in [6, 6.07) is 0.176. The van der Waals surface area contributed by atoms with Gasteiger partial charge in [0.05, 0.1) is 16.7 Å². The third kappa shape index (κ3) is 3.49. The first-order chi connectivity index (χ1) is 8.54. The predicted molar refractivity (Wildman–Crippen MR) is 77.3 cm³/mol. The maximum Gasteiger partial charge on any atom is 0.206 e. The number of nitrogens with zero attached hydrogens (tertiary/aromatic N) is 3. The average molecular weight is 282 g/mol. The third-order valence-electron chi connectivity index (χ3n) is 2.47. The van der Waals surface area contributed by atoms with E-state index in [1.165, 1.54) is 0 Å². The second-order valence-corrected chi connectivity index (χ2v) is 6.88. The summed E-state index contributed by atoms with van der Waals surface area (Å²) in [6.45, 7) is 8.49. The van der Waals surface area contributed by atoms with Crippen molar-refractivity contribution >= 4 is 27.8 Å². The average Bonchev–Trinajstić information content (AvgIpc) is 2.87. The number of anilines is 1. The molecule has 1 N–H and O–H groups in total. The van der Waals surface area contributed by atoms with Gasteiger partial charge in [-0.25, -0.2) is 4.98 Å². The Kier molecular flexibility index (Phi) is 4.29. The van der Waals surface area contributed by atoms with Crippen LogP contribution >= 0.6 is 22.7 Å². The Balaban J connectivity index is 1.98. The van der Waals surface area contributed by atoms with E-state index in [4.69, 9.17) is 0 Å². The maximum atomic E-state index is 4.47.